The molecule has 0 bridgehead atoms. The van der Waals surface area contributed by atoms with Crippen LogP contribution in [-0.4, -0.2) is 25.3 Å². The lowest BCUT2D eigenvalue weighted by Gasteiger charge is -2.34. The molecule has 0 spiro atoms. The summed E-state index contributed by atoms with van der Waals surface area (Å²) in [4.78, 5) is 10.5. The Labute approximate surface area is 106 Å². The van der Waals surface area contributed by atoms with Crippen molar-refractivity contribution in [1.29, 1.82) is 0 Å². The summed E-state index contributed by atoms with van der Waals surface area (Å²) in [6.45, 7) is 0.804. The summed E-state index contributed by atoms with van der Waals surface area (Å²) >= 11 is 0. The van der Waals surface area contributed by atoms with Gasteiger partial charge in [-0.1, -0.05) is 12.1 Å². The van der Waals surface area contributed by atoms with E-state index in [1.54, 1.807) is 7.11 Å². The minimum absolute atomic E-state index is 0.0177. The molecule has 0 atom stereocenters. The Kier molecular flexibility index (Phi) is 4.04. The first kappa shape index (κ1) is 12.7. The van der Waals surface area contributed by atoms with Crippen molar-refractivity contribution in [3.63, 3.8) is 0 Å². The van der Waals surface area contributed by atoms with Crippen molar-refractivity contribution >= 4 is 6.09 Å². The number of hydrogen-bond acceptors (Lipinski definition) is 4. The second-order valence-electron chi connectivity index (χ2n) is 4.46. The molecule has 1 amide bonds. The van der Waals surface area contributed by atoms with Gasteiger partial charge < -0.3 is 20.5 Å². The molecule has 0 aliphatic heterocycles. The Morgan fingerprint density at radius 2 is 2.06 bits per heavy atom. The number of primary amides is 1. The van der Waals surface area contributed by atoms with E-state index in [1.165, 1.54) is 5.56 Å². The first-order valence-electron chi connectivity index (χ1n) is 6.00. The molecular formula is C13H18N2O3. The van der Waals surface area contributed by atoms with Crippen molar-refractivity contribution in [2.45, 2.75) is 31.5 Å². The first-order valence-corrected chi connectivity index (χ1v) is 6.00. The first-order chi connectivity index (χ1) is 8.67. The minimum atomic E-state index is -0.686. The maximum absolute atomic E-state index is 10.5. The summed E-state index contributed by atoms with van der Waals surface area (Å²) in [6, 6.07) is 8.34. The topological polar surface area (TPSA) is 73.6 Å². The smallest absolute Gasteiger partial charge is 0.404 e. The van der Waals surface area contributed by atoms with Crippen LogP contribution in [0.2, 0.25) is 0 Å². The molecule has 0 unspecified atom stereocenters. The van der Waals surface area contributed by atoms with Crippen LogP contribution in [0.25, 0.3) is 0 Å². The van der Waals surface area contributed by atoms with Gasteiger partial charge in [-0.3, -0.25) is 0 Å². The van der Waals surface area contributed by atoms with Crippen LogP contribution in [0.5, 0.6) is 5.75 Å². The predicted molar refractivity (Wildman–Crippen MR) is 67.3 cm³/mol. The third-order valence-electron chi connectivity index (χ3n) is 3.13. The van der Waals surface area contributed by atoms with Crippen molar-refractivity contribution in [3.05, 3.63) is 29.8 Å². The molecule has 1 fully saturated rings. The molecule has 1 aromatic rings. The fourth-order valence-corrected chi connectivity index (χ4v) is 2.00. The highest BCUT2D eigenvalue weighted by Gasteiger charge is 2.31. The van der Waals surface area contributed by atoms with E-state index in [1.807, 2.05) is 24.3 Å². The SMILES string of the molecule is COc1ccc(CNC2CC(OC(N)=O)C2)cc1. The van der Waals surface area contributed by atoms with Gasteiger partial charge in [0.15, 0.2) is 0 Å². The molecule has 1 aromatic carbocycles. The standard InChI is InChI=1S/C13H18N2O3/c1-17-11-4-2-9(3-5-11)8-15-10-6-12(7-10)18-13(14)16/h2-5,10,12,15H,6-8H2,1H3,(H2,14,16). The lowest BCUT2D eigenvalue weighted by atomic mass is 9.89. The summed E-state index contributed by atoms with van der Waals surface area (Å²) < 4.78 is 9.98. The second-order valence-corrected chi connectivity index (χ2v) is 4.46. The molecule has 0 radical (unpaired) electrons. The molecule has 0 aromatic heterocycles. The van der Waals surface area contributed by atoms with E-state index in [4.69, 9.17) is 15.2 Å². The van der Waals surface area contributed by atoms with Gasteiger partial charge in [-0.2, -0.15) is 0 Å². The highest BCUT2D eigenvalue weighted by molar-refractivity contribution is 5.64. The summed E-state index contributed by atoms with van der Waals surface area (Å²) in [5.41, 5.74) is 6.15. The number of carbonyl (C=O) groups is 1. The number of methoxy groups -OCH3 is 1. The third kappa shape index (κ3) is 3.37. The molecule has 5 heteroatoms. The van der Waals surface area contributed by atoms with Crippen LogP contribution in [0.1, 0.15) is 18.4 Å². The van der Waals surface area contributed by atoms with E-state index in [2.05, 4.69) is 5.32 Å². The quantitative estimate of drug-likeness (QED) is 0.828. The lowest BCUT2D eigenvalue weighted by Crippen LogP contribution is -2.46. The van der Waals surface area contributed by atoms with Gasteiger partial charge in [-0.15, -0.1) is 0 Å². The average Bonchev–Trinajstić information content (AvgIpc) is 2.32. The maximum Gasteiger partial charge on any atom is 0.404 e. The molecule has 1 saturated carbocycles. The van der Waals surface area contributed by atoms with Gasteiger partial charge in [-0.05, 0) is 30.5 Å². The number of hydrogen-bond donors (Lipinski definition) is 2. The average molecular weight is 250 g/mol. The molecule has 1 aliphatic carbocycles. The zero-order valence-corrected chi connectivity index (χ0v) is 10.4. The van der Waals surface area contributed by atoms with Crippen molar-refractivity contribution < 1.29 is 14.3 Å². The van der Waals surface area contributed by atoms with Crippen LogP contribution < -0.4 is 15.8 Å². The van der Waals surface area contributed by atoms with Gasteiger partial charge in [0.1, 0.15) is 11.9 Å². The largest absolute Gasteiger partial charge is 0.497 e. The normalized spacial score (nSPS) is 22.1. The Hall–Kier alpha value is -1.75. The zero-order valence-electron chi connectivity index (χ0n) is 10.4. The lowest BCUT2D eigenvalue weighted by molar-refractivity contribution is 0.0370. The van der Waals surface area contributed by atoms with Crippen molar-refractivity contribution in [1.82, 2.24) is 5.32 Å². The number of carbonyl (C=O) groups excluding carboxylic acids is 1. The van der Waals surface area contributed by atoms with Crippen LogP contribution in [0, 0.1) is 0 Å². The minimum Gasteiger partial charge on any atom is -0.497 e. The van der Waals surface area contributed by atoms with E-state index in [0.717, 1.165) is 25.1 Å². The molecular weight excluding hydrogens is 232 g/mol. The number of nitrogens with two attached hydrogens (primary N) is 1. The Balaban J connectivity index is 1.68. The number of nitrogens with one attached hydrogen (secondary N) is 1. The van der Waals surface area contributed by atoms with Gasteiger partial charge in [0.25, 0.3) is 0 Å². The Bertz CT molecular complexity index is 399. The van der Waals surface area contributed by atoms with E-state index >= 15 is 0 Å². The van der Waals surface area contributed by atoms with Gasteiger partial charge in [0.05, 0.1) is 7.11 Å². The van der Waals surface area contributed by atoms with Gasteiger partial charge in [0.2, 0.25) is 0 Å². The van der Waals surface area contributed by atoms with Crippen LogP contribution in [0.4, 0.5) is 4.79 Å². The molecule has 98 valence electrons. The van der Waals surface area contributed by atoms with E-state index in [9.17, 15) is 4.79 Å². The van der Waals surface area contributed by atoms with Gasteiger partial charge in [-0.25, -0.2) is 4.79 Å². The second kappa shape index (κ2) is 5.73. The molecule has 3 N–H and O–H groups in total. The molecule has 18 heavy (non-hydrogen) atoms. The molecule has 5 nitrogen and oxygen atoms in total. The van der Waals surface area contributed by atoms with Crippen molar-refractivity contribution in [2.75, 3.05) is 7.11 Å². The highest BCUT2D eigenvalue weighted by atomic mass is 16.6. The van der Waals surface area contributed by atoms with Crippen molar-refractivity contribution in [3.8, 4) is 5.75 Å². The summed E-state index contributed by atoms with van der Waals surface area (Å²) in [5.74, 6) is 0.859. The molecule has 1 aliphatic rings. The maximum atomic E-state index is 10.5. The Morgan fingerprint density at radius 3 is 2.61 bits per heavy atom. The fraction of sp³-hybridized carbons (Fsp3) is 0.462. The monoisotopic (exact) mass is 250 g/mol. The molecule has 2 rings (SSSR count). The number of amides is 1. The molecule has 0 saturated heterocycles. The highest BCUT2D eigenvalue weighted by Crippen LogP contribution is 2.23. The van der Waals surface area contributed by atoms with Gasteiger partial charge in [0, 0.05) is 12.6 Å². The third-order valence-corrected chi connectivity index (χ3v) is 3.13. The predicted octanol–water partition coefficient (Wildman–Crippen LogP) is 1.41. The summed E-state index contributed by atoms with van der Waals surface area (Å²) in [6.07, 6.45) is 0.961. The summed E-state index contributed by atoms with van der Waals surface area (Å²) in [7, 11) is 1.65. The van der Waals surface area contributed by atoms with Crippen molar-refractivity contribution in [2.24, 2.45) is 5.73 Å². The fourth-order valence-electron chi connectivity index (χ4n) is 2.00. The Morgan fingerprint density at radius 1 is 1.39 bits per heavy atom. The van der Waals surface area contributed by atoms with E-state index in [0.29, 0.717) is 6.04 Å². The summed E-state index contributed by atoms with van der Waals surface area (Å²) in [5, 5.41) is 3.40. The van der Waals surface area contributed by atoms with E-state index in [-0.39, 0.29) is 6.10 Å². The number of benzene rings is 1. The van der Waals surface area contributed by atoms with Crippen LogP contribution in [-0.2, 0) is 11.3 Å². The van der Waals surface area contributed by atoms with Gasteiger partial charge >= 0.3 is 6.09 Å². The van der Waals surface area contributed by atoms with E-state index < -0.39 is 6.09 Å². The number of rotatable bonds is 5. The number of ether oxygens (including phenoxy) is 2. The van der Waals surface area contributed by atoms with Crippen LogP contribution >= 0.6 is 0 Å². The molecule has 0 heterocycles. The zero-order chi connectivity index (χ0) is 13.0. The van der Waals surface area contributed by atoms with Crippen LogP contribution in [0.3, 0.4) is 0 Å². The van der Waals surface area contributed by atoms with Crippen LogP contribution in [0.15, 0.2) is 24.3 Å².